The van der Waals surface area contributed by atoms with Crippen LogP contribution in [0.15, 0.2) is 24.3 Å². The molecule has 0 fully saturated rings. The molecule has 0 saturated carbocycles. The van der Waals surface area contributed by atoms with Gasteiger partial charge in [0.1, 0.15) is 0 Å². The van der Waals surface area contributed by atoms with Gasteiger partial charge in [-0.1, -0.05) is 37.1 Å². The number of rotatable bonds is 5. The molecule has 0 bridgehead atoms. The Balaban J connectivity index is 2.26. The van der Waals surface area contributed by atoms with Crippen molar-refractivity contribution in [1.82, 2.24) is 10.6 Å². The molecule has 0 heterocycles. The number of urea groups is 1. The standard InChI is InChI=1S/C12H17ClN2O/c1-2-3-7-14-12(16)15-9-10-5-4-6-11(13)8-10/h4-6,8H,2-3,7,9H2,1H3,(H2,14,15,16). The van der Waals surface area contributed by atoms with Crippen LogP contribution in [0.1, 0.15) is 25.3 Å². The van der Waals surface area contributed by atoms with Crippen molar-refractivity contribution in [1.29, 1.82) is 0 Å². The van der Waals surface area contributed by atoms with Gasteiger partial charge < -0.3 is 10.6 Å². The van der Waals surface area contributed by atoms with E-state index in [1.807, 2.05) is 24.3 Å². The van der Waals surface area contributed by atoms with Gasteiger partial charge in [-0.3, -0.25) is 0 Å². The van der Waals surface area contributed by atoms with E-state index < -0.39 is 0 Å². The highest BCUT2D eigenvalue weighted by molar-refractivity contribution is 6.30. The normalized spacial score (nSPS) is 9.88. The lowest BCUT2D eigenvalue weighted by atomic mass is 10.2. The van der Waals surface area contributed by atoms with Crippen LogP contribution < -0.4 is 10.6 Å². The molecule has 1 aromatic rings. The van der Waals surface area contributed by atoms with E-state index in [-0.39, 0.29) is 6.03 Å². The predicted octanol–water partition coefficient (Wildman–Crippen LogP) is 2.94. The van der Waals surface area contributed by atoms with Crippen molar-refractivity contribution in [3.05, 3.63) is 34.9 Å². The van der Waals surface area contributed by atoms with Crippen LogP contribution in [0.25, 0.3) is 0 Å². The largest absolute Gasteiger partial charge is 0.338 e. The first kappa shape index (κ1) is 12.8. The number of carbonyl (C=O) groups is 1. The number of carbonyl (C=O) groups excluding carboxylic acids is 1. The Morgan fingerprint density at radius 1 is 1.38 bits per heavy atom. The number of hydrogen-bond donors (Lipinski definition) is 2. The Bertz CT molecular complexity index is 342. The lowest BCUT2D eigenvalue weighted by Crippen LogP contribution is -2.35. The fraction of sp³-hybridized carbons (Fsp3) is 0.417. The van der Waals surface area contributed by atoms with Crippen LogP contribution in [0.2, 0.25) is 5.02 Å². The summed E-state index contributed by atoms with van der Waals surface area (Å²) >= 11 is 5.83. The maximum Gasteiger partial charge on any atom is 0.315 e. The molecule has 0 aliphatic carbocycles. The smallest absolute Gasteiger partial charge is 0.315 e. The SMILES string of the molecule is CCCCNC(=O)NCc1cccc(Cl)c1. The zero-order valence-corrected chi connectivity index (χ0v) is 10.2. The minimum Gasteiger partial charge on any atom is -0.338 e. The maximum absolute atomic E-state index is 11.3. The monoisotopic (exact) mass is 240 g/mol. The lowest BCUT2D eigenvalue weighted by molar-refractivity contribution is 0.240. The van der Waals surface area contributed by atoms with E-state index in [0.29, 0.717) is 11.6 Å². The molecule has 16 heavy (non-hydrogen) atoms. The summed E-state index contributed by atoms with van der Waals surface area (Å²) in [6.45, 7) is 3.31. The van der Waals surface area contributed by atoms with E-state index in [4.69, 9.17) is 11.6 Å². The molecule has 2 amide bonds. The third-order valence-electron chi connectivity index (χ3n) is 2.16. The summed E-state index contributed by atoms with van der Waals surface area (Å²) in [5, 5.41) is 6.25. The Hall–Kier alpha value is -1.22. The molecule has 0 spiro atoms. The Morgan fingerprint density at radius 2 is 2.19 bits per heavy atom. The van der Waals surface area contributed by atoms with Crippen molar-refractivity contribution in [2.45, 2.75) is 26.3 Å². The zero-order valence-electron chi connectivity index (χ0n) is 9.42. The first-order valence-corrected chi connectivity index (χ1v) is 5.86. The van der Waals surface area contributed by atoms with Gasteiger partial charge in [-0.2, -0.15) is 0 Å². The second-order valence-corrected chi connectivity index (χ2v) is 4.03. The minimum atomic E-state index is -0.131. The first-order valence-electron chi connectivity index (χ1n) is 5.48. The molecule has 0 aromatic heterocycles. The molecule has 1 rings (SSSR count). The Morgan fingerprint density at radius 3 is 2.88 bits per heavy atom. The van der Waals surface area contributed by atoms with E-state index in [0.717, 1.165) is 24.9 Å². The van der Waals surface area contributed by atoms with Crippen molar-refractivity contribution < 1.29 is 4.79 Å². The molecule has 0 aliphatic heterocycles. The van der Waals surface area contributed by atoms with E-state index >= 15 is 0 Å². The van der Waals surface area contributed by atoms with Gasteiger partial charge in [0, 0.05) is 18.1 Å². The molecule has 0 atom stereocenters. The number of hydrogen-bond acceptors (Lipinski definition) is 1. The highest BCUT2D eigenvalue weighted by Crippen LogP contribution is 2.09. The maximum atomic E-state index is 11.3. The van der Waals surface area contributed by atoms with E-state index in [1.54, 1.807) is 0 Å². The fourth-order valence-corrected chi connectivity index (χ4v) is 1.48. The van der Waals surface area contributed by atoms with Crippen LogP contribution in [-0.2, 0) is 6.54 Å². The average molecular weight is 241 g/mol. The predicted molar refractivity (Wildman–Crippen MR) is 66.6 cm³/mol. The van der Waals surface area contributed by atoms with E-state index in [1.165, 1.54) is 0 Å². The van der Waals surface area contributed by atoms with Crippen molar-refractivity contribution in [2.75, 3.05) is 6.54 Å². The molecular weight excluding hydrogens is 224 g/mol. The van der Waals surface area contributed by atoms with Gasteiger partial charge in [0.15, 0.2) is 0 Å². The Labute approximate surface area is 101 Å². The van der Waals surface area contributed by atoms with E-state index in [2.05, 4.69) is 17.6 Å². The molecule has 0 aliphatic rings. The van der Waals surface area contributed by atoms with Gasteiger partial charge in [0.05, 0.1) is 0 Å². The fourth-order valence-electron chi connectivity index (χ4n) is 1.27. The Kier molecular flexibility index (Phi) is 5.72. The highest BCUT2D eigenvalue weighted by Gasteiger charge is 1.99. The van der Waals surface area contributed by atoms with Crippen LogP contribution in [0.4, 0.5) is 4.79 Å². The van der Waals surface area contributed by atoms with Crippen LogP contribution in [0.3, 0.4) is 0 Å². The summed E-state index contributed by atoms with van der Waals surface area (Å²) in [6.07, 6.45) is 2.08. The van der Waals surface area contributed by atoms with Crippen molar-refractivity contribution in [3.8, 4) is 0 Å². The van der Waals surface area contributed by atoms with Gasteiger partial charge >= 0.3 is 6.03 Å². The lowest BCUT2D eigenvalue weighted by Gasteiger charge is -2.07. The summed E-state index contributed by atoms with van der Waals surface area (Å²) in [5.74, 6) is 0. The van der Waals surface area contributed by atoms with Gasteiger partial charge in [-0.25, -0.2) is 4.79 Å². The van der Waals surface area contributed by atoms with Crippen molar-refractivity contribution >= 4 is 17.6 Å². The zero-order chi connectivity index (χ0) is 11.8. The summed E-state index contributed by atoms with van der Waals surface area (Å²) < 4.78 is 0. The molecule has 3 nitrogen and oxygen atoms in total. The van der Waals surface area contributed by atoms with Gasteiger partial charge in [-0.05, 0) is 24.1 Å². The molecule has 88 valence electrons. The molecule has 0 radical (unpaired) electrons. The van der Waals surface area contributed by atoms with E-state index in [9.17, 15) is 4.79 Å². The molecule has 4 heteroatoms. The topological polar surface area (TPSA) is 41.1 Å². The number of halogens is 1. The number of benzene rings is 1. The van der Waals surface area contributed by atoms with Crippen LogP contribution in [0, 0.1) is 0 Å². The summed E-state index contributed by atoms with van der Waals surface area (Å²) in [4.78, 5) is 11.3. The third kappa shape index (κ3) is 5.03. The summed E-state index contributed by atoms with van der Waals surface area (Å²) in [5.41, 5.74) is 0.998. The third-order valence-corrected chi connectivity index (χ3v) is 2.39. The van der Waals surface area contributed by atoms with Crippen LogP contribution in [-0.4, -0.2) is 12.6 Å². The van der Waals surface area contributed by atoms with Crippen LogP contribution >= 0.6 is 11.6 Å². The highest BCUT2D eigenvalue weighted by atomic mass is 35.5. The van der Waals surface area contributed by atoms with Crippen molar-refractivity contribution in [2.24, 2.45) is 0 Å². The average Bonchev–Trinajstić information content (AvgIpc) is 2.27. The van der Waals surface area contributed by atoms with Gasteiger partial charge in [-0.15, -0.1) is 0 Å². The quantitative estimate of drug-likeness (QED) is 0.764. The summed E-state index contributed by atoms with van der Waals surface area (Å²) in [6, 6.07) is 7.32. The first-order chi connectivity index (χ1) is 7.72. The second-order valence-electron chi connectivity index (χ2n) is 3.59. The molecule has 1 aromatic carbocycles. The molecular formula is C12H17ClN2O. The number of amides is 2. The molecule has 0 saturated heterocycles. The van der Waals surface area contributed by atoms with Gasteiger partial charge in [0.25, 0.3) is 0 Å². The van der Waals surface area contributed by atoms with Gasteiger partial charge in [0.2, 0.25) is 0 Å². The van der Waals surface area contributed by atoms with Crippen molar-refractivity contribution in [3.63, 3.8) is 0 Å². The number of nitrogens with one attached hydrogen (secondary N) is 2. The number of unbranched alkanes of at least 4 members (excludes halogenated alkanes) is 1. The summed E-state index contributed by atoms with van der Waals surface area (Å²) in [7, 11) is 0. The molecule has 0 unspecified atom stereocenters. The molecule has 2 N–H and O–H groups in total. The van der Waals surface area contributed by atoms with Crippen LogP contribution in [0.5, 0.6) is 0 Å². The second kappa shape index (κ2) is 7.12. The minimum absolute atomic E-state index is 0.131.